The molecular formula is C22H26N4O3. The Hall–Kier alpha value is -3.22. The van der Waals surface area contributed by atoms with Crippen LogP contribution < -0.4 is 10.6 Å². The standard InChI is InChI=1S/C22H26N4O3/c1-2-16-3-5-19(6-4-16)25-21(28)20(27)24-15-17-9-13-26(14-10-17)22(29)18-7-11-23-12-8-18/h3-8,11-12,17H,2,9-10,13-15H2,1H3,(H,24,27)(H,25,28). The second-order valence-electron chi connectivity index (χ2n) is 7.19. The maximum Gasteiger partial charge on any atom is 0.313 e. The Kier molecular flexibility index (Phi) is 6.94. The number of likely N-dealkylation sites (tertiary alicyclic amines) is 1. The maximum absolute atomic E-state index is 12.5. The van der Waals surface area contributed by atoms with Crippen molar-refractivity contribution in [2.24, 2.45) is 5.92 Å². The van der Waals surface area contributed by atoms with E-state index in [0.717, 1.165) is 19.3 Å². The third kappa shape index (κ3) is 5.63. The molecule has 152 valence electrons. The number of anilines is 1. The number of amides is 3. The van der Waals surface area contributed by atoms with Gasteiger partial charge in [-0.1, -0.05) is 19.1 Å². The normalized spacial score (nSPS) is 14.3. The van der Waals surface area contributed by atoms with Gasteiger partial charge in [-0.05, 0) is 55.0 Å². The van der Waals surface area contributed by atoms with Crippen molar-refractivity contribution in [3.63, 3.8) is 0 Å². The summed E-state index contributed by atoms with van der Waals surface area (Å²) in [4.78, 5) is 42.3. The highest BCUT2D eigenvalue weighted by Crippen LogP contribution is 2.18. The number of piperidine rings is 1. The molecule has 29 heavy (non-hydrogen) atoms. The van der Waals surface area contributed by atoms with Crippen molar-refractivity contribution in [1.82, 2.24) is 15.2 Å². The number of aryl methyl sites for hydroxylation is 1. The molecule has 1 aliphatic rings. The summed E-state index contributed by atoms with van der Waals surface area (Å²) >= 11 is 0. The summed E-state index contributed by atoms with van der Waals surface area (Å²) in [6.07, 6.45) is 5.72. The Bertz CT molecular complexity index is 844. The topological polar surface area (TPSA) is 91.4 Å². The van der Waals surface area contributed by atoms with E-state index >= 15 is 0 Å². The largest absolute Gasteiger partial charge is 0.348 e. The molecule has 1 aromatic heterocycles. The van der Waals surface area contributed by atoms with Gasteiger partial charge in [-0.3, -0.25) is 19.4 Å². The Morgan fingerprint density at radius 3 is 2.28 bits per heavy atom. The number of carbonyl (C=O) groups excluding carboxylic acids is 3. The van der Waals surface area contributed by atoms with Crippen LogP contribution >= 0.6 is 0 Å². The van der Waals surface area contributed by atoms with Gasteiger partial charge in [0.2, 0.25) is 0 Å². The van der Waals surface area contributed by atoms with Crippen LogP contribution in [0.4, 0.5) is 5.69 Å². The summed E-state index contributed by atoms with van der Waals surface area (Å²) in [5.41, 5.74) is 2.40. The molecule has 1 saturated heterocycles. The summed E-state index contributed by atoms with van der Waals surface area (Å²) in [5.74, 6) is -1.06. The minimum absolute atomic E-state index is 0.00311. The molecule has 1 aliphatic heterocycles. The van der Waals surface area contributed by atoms with Gasteiger partial charge in [-0.2, -0.15) is 0 Å². The highest BCUT2D eigenvalue weighted by atomic mass is 16.2. The van der Waals surface area contributed by atoms with Crippen LogP contribution in [0.5, 0.6) is 0 Å². The van der Waals surface area contributed by atoms with Crippen molar-refractivity contribution < 1.29 is 14.4 Å². The first-order valence-electron chi connectivity index (χ1n) is 9.94. The second kappa shape index (κ2) is 9.82. The molecule has 0 unspecified atom stereocenters. The van der Waals surface area contributed by atoms with Gasteiger partial charge < -0.3 is 15.5 Å². The lowest BCUT2D eigenvalue weighted by molar-refractivity contribution is -0.136. The molecule has 7 heteroatoms. The van der Waals surface area contributed by atoms with Crippen LogP contribution in [0.1, 0.15) is 35.7 Å². The van der Waals surface area contributed by atoms with E-state index in [1.54, 1.807) is 36.7 Å². The van der Waals surface area contributed by atoms with Gasteiger partial charge in [0.05, 0.1) is 0 Å². The zero-order valence-corrected chi connectivity index (χ0v) is 16.6. The van der Waals surface area contributed by atoms with Crippen LogP contribution in [0.25, 0.3) is 0 Å². The van der Waals surface area contributed by atoms with E-state index in [1.807, 2.05) is 17.0 Å². The van der Waals surface area contributed by atoms with Crippen molar-refractivity contribution in [2.45, 2.75) is 26.2 Å². The summed E-state index contributed by atoms with van der Waals surface area (Å²) in [5, 5.41) is 5.32. The smallest absolute Gasteiger partial charge is 0.313 e. The molecular weight excluding hydrogens is 368 g/mol. The zero-order chi connectivity index (χ0) is 20.6. The van der Waals surface area contributed by atoms with Gasteiger partial charge in [0, 0.05) is 43.3 Å². The van der Waals surface area contributed by atoms with Gasteiger partial charge in [0.15, 0.2) is 0 Å². The SMILES string of the molecule is CCc1ccc(NC(=O)C(=O)NCC2CCN(C(=O)c3ccncc3)CC2)cc1. The van der Waals surface area contributed by atoms with Crippen molar-refractivity contribution >= 4 is 23.4 Å². The van der Waals surface area contributed by atoms with Gasteiger partial charge in [0.25, 0.3) is 5.91 Å². The van der Waals surface area contributed by atoms with E-state index in [4.69, 9.17) is 0 Å². The number of aromatic nitrogens is 1. The summed E-state index contributed by atoms with van der Waals surface area (Å²) in [7, 11) is 0. The molecule has 0 spiro atoms. The average Bonchev–Trinajstić information content (AvgIpc) is 2.78. The fraction of sp³-hybridized carbons (Fsp3) is 0.364. The van der Waals surface area contributed by atoms with Crippen LogP contribution in [0.15, 0.2) is 48.8 Å². The van der Waals surface area contributed by atoms with E-state index in [1.165, 1.54) is 5.56 Å². The van der Waals surface area contributed by atoms with E-state index in [2.05, 4.69) is 22.5 Å². The third-order valence-corrected chi connectivity index (χ3v) is 5.21. The van der Waals surface area contributed by atoms with E-state index in [-0.39, 0.29) is 11.8 Å². The van der Waals surface area contributed by atoms with Crippen LogP contribution in [0.3, 0.4) is 0 Å². The molecule has 0 saturated carbocycles. The Morgan fingerprint density at radius 1 is 1.00 bits per heavy atom. The van der Waals surface area contributed by atoms with Gasteiger partial charge in [-0.25, -0.2) is 0 Å². The van der Waals surface area contributed by atoms with Gasteiger partial charge >= 0.3 is 11.8 Å². The maximum atomic E-state index is 12.5. The van der Waals surface area contributed by atoms with E-state index in [9.17, 15) is 14.4 Å². The van der Waals surface area contributed by atoms with E-state index < -0.39 is 11.8 Å². The van der Waals surface area contributed by atoms with Crippen LogP contribution in [0, 0.1) is 5.92 Å². The number of pyridine rings is 1. The number of rotatable bonds is 5. The Balaban J connectivity index is 1.40. The van der Waals surface area contributed by atoms with Crippen LogP contribution in [-0.4, -0.2) is 47.2 Å². The predicted molar refractivity (Wildman–Crippen MR) is 110 cm³/mol. The molecule has 3 rings (SSSR count). The molecule has 0 bridgehead atoms. The second-order valence-corrected chi connectivity index (χ2v) is 7.19. The Labute approximate surface area is 170 Å². The highest BCUT2D eigenvalue weighted by molar-refractivity contribution is 6.39. The molecule has 0 aliphatic carbocycles. The summed E-state index contributed by atoms with van der Waals surface area (Å²) < 4.78 is 0. The third-order valence-electron chi connectivity index (χ3n) is 5.21. The number of benzene rings is 1. The molecule has 2 N–H and O–H groups in total. The molecule has 1 aromatic carbocycles. The van der Waals surface area contributed by atoms with Crippen molar-refractivity contribution in [3.8, 4) is 0 Å². The van der Waals surface area contributed by atoms with Crippen molar-refractivity contribution in [3.05, 3.63) is 59.9 Å². The van der Waals surface area contributed by atoms with Crippen molar-refractivity contribution in [1.29, 1.82) is 0 Å². The minimum Gasteiger partial charge on any atom is -0.348 e. The summed E-state index contributed by atoms with van der Waals surface area (Å²) in [6.45, 7) is 3.76. The lowest BCUT2D eigenvalue weighted by atomic mass is 9.96. The Morgan fingerprint density at radius 2 is 1.66 bits per heavy atom. The fourth-order valence-corrected chi connectivity index (χ4v) is 3.35. The number of hydrogen-bond acceptors (Lipinski definition) is 4. The van der Waals surface area contributed by atoms with E-state index in [0.29, 0.717) is 30.9 Å². The zero-order valence-electron chi connectivity index (χ0n) is 16.6. The fourth-order valence-electron chi connectivity index (χ4n) is 3.35. The van der Waals surface area contributed by atoms with Crippen LogP contribution in [-0.2, 0) is 16.0 Å². The molecule has 7 nitrogen and oxygen atoms in total. The number of nitrogens with zero attached hydrogens (tertiary/aromatic N) is 2. The highest BCUT2D eigenvalue weighted by Gasteiger charge is 2.24. The quantitative estimate of drug-likeness (QED) is 0.761. The van der Waals surface area contributed by atoms with Gasteiger partial charge in [0.1, 0.15) is 0 Å². The lowest BCUT2D eigenvalue weighted by Crippen LogP contribution is -2.43. The molecule has 2 heterocycles. The molecule has 2 aromatic rings. The monoisotopic (exact) mass is 394 g/mol. The van der Waals surface area contributed by atoms with Gasteiger partial charge in [-0.15, -0.1) is 0 Å². The average molecular weight is 394 g/mol. The lowest BCUT2D eigenvalue weighted by Gasteiger charge is -2.32. The first-order valence-corrected chi connectivity index (χ1v) is 9.94. The molecule has 3 amide bonds. The molecule has 1 fully saturated rings. The predicted octanol–water partition coefficient (Wildman–Crippen LogP) is 2.25. The number of carbonyl (C=O) groups is 3. The number of hydrogen-bond donors (Lipinski definition) is 2. The summed E-state index contributed by atoms with van der Waals surface area (Å²) in [6, 6.07) is 10.9. The minimum atomic E-state index is -0.667. The van der Waals surface area contributed by atoms with Crippen LogP contribution in [0.2, 0.25) is 0 Å². The van der Waals surface area contributed by atoms with Crippen molar-refractivity contribution in [2.75, 3.05) is 25.0 Å². The molecule has 0 radical (unpaired) electrons. The number of nitrogens with one attached hydrogen (secondary N) is 2. The first-order chi connectivity index (χ1) is 14.1. The first kappa shape index (κ1) is 20.5. The molecule has 0 atom stereocenters.